The van der Waals surface area contributed by atoms with Gasteiger partial charge >= 0.3 is 0 Å². The summed E-state index contributed by atoms with van der Waals surface area (Å²) in [6.45, 7) is 8.17. The van der Waals surface area contributed by atoms with Crippen LogP contribution in [0.4, 0.5) is 5.13 Å². The van der Waals surface area contributed by atoms with Gasteiger partial charge in [0.05, 0.1) is 0 Å². The minimum absolute atomic E-state index is 0.166. The predicted molar refractivity (Wildman–Crippen MR) is 98.7 cm³/mol. The summed E-state index contributed by atoms with van der Waals surface area (Å²) in [6, 6.07) is 11.8. The molecule has 0 aliphatic heterocycles. The fraction of sp³-hybridized carbons (Fsp3) is 0.211. The molecule has 0 saturated heterocycles. The quantitative estimate of drug-likeness (QED) is 0.754. The van der Waals surface area contributed by atoms with E-state index in [4.69, 9.17) is 0 Å². The molecule has 0 unspecified atom stereocenters. The maximum Gasteiger partial charge on any atom is 0.257 e. The lowest BCUT2D eigenvalue weighted by Gasteiger charge is -2.04. The molecular formula is C19H19N3OS. The smallest absolute Gasteiger partial charge is 0.257 e. The average Bonchev–Trinajstić information content (AvgIpc) is 3.01. The molecule has 24 heavy (non-hydrogen) atoms. The van der Waals surface area contributed by atoms with Crippen molar-refractivity contribution in [2.45, 2.75) is 27.7 Å². The molecule has 0 saturated carbocycles. The van der Waals surface area contributed by atoms with Crippen LogP contribution in [0.25, 0.3) is 10.6 Å². The van der Waals surface area contributed by atoms with Gasteiger partial charge in [-0.25, -0.2) is 0 Å². The van der Waals surface area contributed by atoms with E-state index < -0.39 is 0 Å². The van der Waals surface area contributed by atoms with Gasteiger partial charge in [-0.05, 0) is 68.1 Å². The molecule has 0 aliphatic carbocycles. The molecule has 1 heterocycles. The molecule has 1 N–H and O–H groups in total. The Hall–Kier alpha value is -2.53. The van der Waals surface area contributed by atoms with Crippen LogP contribution in [0.15, 0.2) is 36.4 Å². The van der Waals surface area contributed by atoms with E-state index in [1.54, 1.807) is 0 Å². The summed E-state index contributed by atoms with van der Waals surface area (Å²) < 4.78 is 0. The monoisotopic (exact) mass is 337 g/mol. The summed E-state index contributed by atoms with van der Waals surface area (Å²) in [7, 11) is 0. The molecular weight excluding hydrogens is 318 g/mol. The van der Waals surface area contributed by atoms with E-state index in [-0.39, 0.29) is 5.91 Å². The molecule has 3 rings (SSSR count). The van der Waals surface area contributed by atoms with Crippen molar-refractivity contribution in [3.05, 3.63) is 64.2 Å². The highest BCUT2D eigenvalue weighted by Crippen LogP contribution is 2.28. The highest BCUT2D eigenvalue weighted by Gasteiger charge is 2.12. The number of carbonyl (C=O) groups is 1. The molecule has 2 aromatic carbocycles. The van der Waals surface area contributed by atoms with Gasteiger partial charge in [0.2, 0.25) is 5.13 Å². The van der Waals surface area contributed by atoms with E-state index in [9.17, 15) is 4.79 Å². The number of hydrogen-bond acceptors (Lipinski definition) is 4. The number of nitrogens with one attached hydrogen (secondary N) is 1. The summed E-state index contributed by atoms with van der Waals surface area (Å²) in [5.74, 6) is -0.166. The maximum absolute atomic E-state index is 12.3. The summed E-state index contributed by atoms with van der Waals surface area (Å²) >= 11 is 1.38. The minimum atomic E-state index is -0.166. The van der Waals surface area contributed by atoms with Crippen molar-refractivity contribution in [1.82, 2.24) is 10.2 Å². The normalized spacial score (nSPS) is 10.7. The Labute approximate surface area is 145 Å². The van der Waals surface area contributed by atoms with Gasteiger partial charge in [-0.15, -0.1) is 10.2 Å². The molecule has 0 atom stereocenters. The third-order valence-corrected chi connectivity index (χ3v) is 5.06. The molecule has 0 spiro atoms. The SMILES string of the molecule is Cc1ccc(C(=O)Nc2nnc(-c3ccc(C)c(C)c3)s2)cc1C. The molecule has 1 aromatic heterocycles. The van der Waals surface area contributed by atoms with E-state index in [2.05, 4.69) is 41.5 Å². The third kappa shape index (κ3) is 3.36. The average molecular weight is 337 g/mol. The first-order valence-corrected chi connectivity index (χ1v) is 8.55. The number of hydrogen-bond donors (Lipinski definition) is 1. The number of nitrogens with zero attached hydrogens (tertiary/aromatic N) is 2. The Kier molecular flexibility index (Phi) is 4.44. The van der Waals surface area contributed by atoms with Crippen molar-refractivity contribution in [1.29, 1.82) is 0 Å². The molecule has 0 bridgehead atoms. The van der Waals surface area contributed by atoms with Crippen molar-refractivity contribution in [3.63, 3.8) is 0 Å². The number of amides is 1. The largest absolute Gasteiger partial charge is 0.296 e. The summed E-state index contributed by atoms with van der Waals surface area (Å²) in [5, 5.41) is 12.4. The van der Waals surface area contributed by atoms with Gasteiger partial charge in [0.1, 0.15) is 5.01 Å². The van der Waals surface area contributed by atoms with Crippen molar-refractivity contribution < 1.29 is 4.79 Å². The summed E-state index contributed by atoms with van der Waals surface area (Å²) in [5.41, 5.74) is 6.36. The van der Waals surface area contributed by atoms with Gasteiger partial charge in [-0.2, -0.15) is 0 Å². The first-order valence-electron chi connectivity index (χ1n) is 7.74. The molecule has 122 valence electrons. The predicted octanol–water partition coefficient (Wildman–Crippen LogP) is 4.69. The van der Waals surface area contributed by atoms with Gasteiger partial charge in [0.15, 0.2) is 0 Å². The van der Waals surface area contributed by atoms with Gasteiger partial charge in [-0.1, -0.05) is 29.5 Å². The second-order valence-corrected chi connectivity index (χ2v) is 6.94. The number of rotatable bonds is 3. The number of anilines is 1. The van der Waals surface area contributed by atoms with Crippen molar-refractivity contribution in [3.8, 4) is 10.6 Å². The highest BCUT2D eigenvalue weighted by atomic mass is 32.1. The van der Waals surface area contributed by atoms with Crippen LogP contribution in [-0.2, 0) is 0 Å². The number of benzene rings is 2. The van der Waals surface area contributed by atoms with Gasteiger partial charge in [0.25, 0.3) is 5.91 Å². The molecule has 1 amide bonds. The Morgan fingerprint density at radius 2 is 1.54 bits per heavy atom. The van der Waals surface area contributed by atoms with Crippen LogP contribution in [-0.4, -0.2) is 16.1 Å². The minimum Gasteiger partial charge on any atom is -0.296 e. The van der Waals surface area contributed by atoms with E-state index in [1.807, 2.05) is 38.1 Å². The van der Waals surface area contributed by atoms with Crippen molar-refractivity contribution in [2.75, 3.05) is 5.32 Å². The zero-order valence-corrected chi connectivity index (χ0v) is 15.0. The first kappa shape index (κ1) is 16.3. The zero-order valence-electron chi connectivity index (χ0n) is 14.2. The summed E-state index contributed by atoms with van der Waals surface area (Å²) in [4.78, 5) is 12.3. The van der Waals surface area contributed by atoms with E-state index in [1.165, 1.54) is 28.0 Å². The number of aromatic nitrogens is 2. The van der Waals surface area contributed by atoms with Crippen LogP contribution in [0.5, 0.6) is 0 Å². The molecule has 3 aromatic rings. The second kappa shape index (κ2) is 6.53. The topological polar surface area (TPSA) is 54.9 Å². The van der Waals surface area contributed by atoms with Crippen molar-refractivity contribution >= 4 is 22.4 Å². The zero-order chi connectivity index (χ0) is 17.3. The lowest BCUT2D eigenvalue weighted by molar-refractivity contribution is 0.102. The van der Waals surface area contributed by atoms with Gasteiger partial charge in [-0.3, -0.25) is 10.1 Å². The molecule has 4 nitrogen and oxygen atoms in total. The van der Waals surface area contributed by atoms with Crippen LogP contribution in [0.3, 0.4) is 0 Å². The molecule has 0 aliphatic rings. The van der Waals surface area contributed by atoms with Crippen LogP contribution in [0.2, 0.25) is 0 Å². The molecule has 5 heteroatoms. The fourth-order valence-electron chi connectivity index (χ4n) is 2.32. The summed E-state index contributed by atoms with van der Waals surface area (Å²) in [6.07, 6.45) is 0. The Bertz CT molecular complexity index is 915. The fourth-order valence-corrected chi connectivity index (χ4v) is 3.05. The standard InChI is InChI=1S/C19H19N3OS/c1-11-5-7-15(9-13(11)3)17(23)20-19-22-21-18(24-19)16-8-6-12(2)14(4)10-16/h5-10H,1-4H3,(H,20,22,23). The second-order valence-electron chi connectivity index (χ2n) is 5.96. The maximum atomic E-state index is 12.3. The van der Waals surface area contributed by atoms with Gasteiger partial charge < -0.3 is 0 Å². The third-order valence-electron chi connectivity index (χ3n) is 4.17. The van der Waals surface area contributed by atoms with E-state index in [0.717, 1.165) is 16.1 Å². The lowest BCUT2D eigenvalue weighted by atomic mass is 10.1. The highest BCUT2D eigenvalue weighted by molar-refractivity contribution is 7.18. The van der Waals surface area contributed by atoms with E-state index >= 15 is 0 Å². The lowest BCUT2D eigenvalue weighted by Crippen LogP contribution is -2.12. The number of aryl methyl sites for hydroxylation is 4. The van der Waals surface area contributed by atoms with Crippen LogP contribution in [0, 0.1) is 27.7 Å². The Morgan fingerprint density at radius 3 is 2.21 bits per heavy atom. The van der Waals surface area contributed by atoms with Crippen LogP contribution >= 0.6 is 11.3 Å². The van der Waals surface area contributed by atoms with Crippen molar-refractivity contribution in [2.24, 2.45) is 0 Å². The Morgan fingerprint density at radius 1 is 0.875 bits per heavy atom. The Balaban J connectivity index is 1.79. The molecule has 0 fully saturated rings. The number of carbonyl (C=O) groups excluding carboxylic acids is 1. The van der Waals surface area contributed by atoms with Gasteiger partial charge in [0, 0.05) is 11.1 Å². The molecule has 0 radical (unpaired) electrons. The van der Waals surface area contributed by atoms with Crippen LogP contribution < -0.4 is 5.32 Å². The van der Waals surface area contributed by atoms with Crippen LogP contribution in [0.1, 0.15) is 32.6 Å². The van der Waals surface area contributed by atoms with E-state index in [0.29, 0.717) is 10.7 Å². The first-order chi connectivity index (χ1) is 11.4.